The Balaban J connectivity index is 2.17. The van der Waals surface area contributed by atoms with E-state index in [2.05, 4.69) is 10.5 Å². The summed E-state index contributed by atoms with van der Waals surface area (Å²) < 4.78 is 15.2. The molecule has 1 heterocycles. The van der Waals surface area contributed by atoms with Gasteiger partial charge in [-0.2, -0.15) is 5.10 Å². The molecule has 0 saturated heterocycles. The van der Waals surface area contributed by atoms with E-state index in [1.165, 1.54) is 12.1 Å². The van der Waals surface area contributed by atoms with E-state index in [1.807, 2.05) is 37.4 Å². The Morgan fingerprint density at radius 2 is 2.00 bits per heavy atom. The van der Waals surface area contributed by atoms with Gasteiger partial charge < -0.3 is 0 Å². The van der Waals surface area contributed by atoms with Gasteiger partial charge in [0.2, 0.25) is 0 Å². The number of nitrogens with zero attached hydrogens (tertiary/aromatic N) is 2. The minimum atomic E-state index is -0.350. The quantitative estimate of drug-likeness (QED) is 0.567. The minimum Gasteiger partial charge on any atom is -0.271 e. The SMILES string of the molecule is Cn1nc(C(NN)c2cccc(F)c2)c2ccccc21. The lowest BCUT2D eigenvalue weighted by Gasteiger charge is -2.14. The molecule has 3 aromatic rings. The van der Waals surface area contributed by atoms with Crippen molar-refractivity contribution in [3.63, 3.8) is 0 Å². The second kappa shape index (κ2) is 5.03. The lowest BCUT2D eigenvalue weighted by Crippen LogP contribution is -2.29. The van der Waals surface area contributed by atoms with Gasteiger partial charge in [0, 0.05) is 12.4 Å². The first-order chi connectivity index (χ1) is 9.70. The maximum absolute atomic E-state index is 13.4. The average molecular weight is 270 g/mol. The number of rotatable bonds is 3. The molecule has 3 rings (SSSR count). The summed E-state index contributed by atoms with van der Waals surface area (Å²) >= 11 is 0. The smallest absolute Gasteiger partial charge is 0.123 e. The zero-order chi connectivity index (χ0) is 14.1. The van der Waals surface area contributed by atoms with Crippen molar-refractivity contribution in [1.29, 1.82) is 0 Å². The number of aryl methyl sites for hydroxylation is 1. The van der Waals surface area contributed by atoms with Crippen LogP contribution in [-0.4, -0.2) is 9.78 Å². The number of para-hydroxylation sites is 1. The van der Waals surface area contributed by atoms with Crippen molar-refractivity contribution in [2.24, 2.45) is 12.9 Å². The first-order valence-electron chi connectivity index (χ1n) is 6.34. The van der Waals surface area contributed by atoms with Gasteiger partial charge in [-0.05, 0) is 23.8 Å². The van der Waals surface area contributed by atoms with Gasteiger partial charge >= 0.3 is 0 Å². The molecule has 0 aliphatic heterocycles. The third kappa shape index (κ3) is 2.07. The minimum absolute atomic E-state index is 0.289. The Hall–Kier alpha value is -2.24. The Labute approximate surface area is 116 Å². The van der Waals surface area contributed by atoms with E-state index in [4.69, 9.17) is 5.84 Å². The molecule has 0 aliphatic rings. The molecule has 0 bridgehead atoms. The molecule has 0 saturated carbocycles. The van der Waals surface area contributed by atoms with Crippen LogP contribution in [0.2, 0.25) is 0 Å². The number of hydrogen-bond donors (Lipinski definition) is 2. The van der Waals surface area contributed by atoms with E-state index in [-0.39, 0.29) is 11.9 Å². The molecule has 1 atom stereocenters. The number of nitrogens with one attached hydrogen (secondary N) is 1. The molecule has 4 nitrogen and oxygen atoms in total. The molecule has 5 heteroatoms. The summed E-state index contributed by atoms with van der Waals surface area (Å²) in [5.74, 6) is 5.38. The average Bonchev–Trinajstić information content (AvgIpc) is 2.78. The van der Waals surface area contributed by atoms with E-state index in [0.29, 0.717) is 0 Å². The highest BCUT2D eigenvalue weighted by Gasteiger charge is 2.19. The van der Waals surface area contributed by atoms with Gasteiger partial charge in [-0.1, -0.05) is 30.3 Å². The predicted octanol–water partition coefficient (Wildman–Crippen LogP) is 2.27. The molecule has 0 spiro atoms. The summed E-state index contributed by atoms with van der Waals surface area (Å²) in [6.45, 7) is 0. The fraction of sp³-hybridized carbons (Fsp3) is 0.133. The molecular formula is C15H15FN4. The number of hydrogen-bond acceptors (Lipinski definition) is 3. The van der Waals surface area contributed by atoms with Crippen LogP contribution in [0.15, 0.2) is 48.5 Å². The number of benzene rings is 2. The third-order valence-electron chi connectivity index (χ3n) is 3.41. The zero-order valence-electron chi connectivity index (χ0n) is 11.0. The van der Waals surface area contributed by atoms with E-state index in [1.54, 1.807) is 10.7 Å². The number of nitrogens with two attached hydrogens (primary N) is 1. The monoisotopic (exact) mass is 270 g/mol. The van der Waals surface area contributed by atoms with Crippen LogP contribution in [0.1, 0.15) is 17.3 Å². The van der Waals surface area contributed by atoms with Crippen molar-refractivity contribution >= 4 is 10.9 Å². The molecular weight excluding hydrogens is 255 g/mol. The number of halogens is 1. The van der Waals surface area contributed by atoms with Crippen LogP contribution in [0.5, 0.6) is 0 Å². The van der Waals surface area contributed by atoms with Crippen molar-refractivity contribution in [2.45, 2.75) is 6.04 Å². The highest BCUT2D eigenvalue weighted by molar-refractivity contribution is 5.82. The maximum atomic E-state index is 13.4. The first-order valence-corrected chi connectivity index (χ1v) is 6.34. The van der Waals surface area contributed by atoms with E-state index in [9.17, 15) is 4.39 Å². The topological polar surface area (TPSA) is 55.9 Å². The molecule has 0 aliphatic carbocycles. The number of hydrazine groups is 1. The van der Waals surface area contributed by atoms with E-state index >= 15 is 0 Å². The van der Waals surface area contributed by atoms with Crippen LogP contribution >= 0.6 is 0 Å². The van der Waals surface area contributed by atoms with Gasteiger partial charge in [-0.3, -0.25) is 10.5 Å². The molecule has 1 aromatic heterocycles. The van der Waals surface area contributed by atoms with Crippen LogP contribution in [0, 0.1) is 5.82 Å². The normalized spacial score (nSPS) is 12.8. The highest BCUT2D eigenvalue weighted by Crippen LogP contribution is 2.27. The van der Waals surface area contributed by atoms with Gasteiger partial charge in [0.15, 0.2) is 0 Å². The maximum Gasteiger partial charge on any atom is 0.123 e. The van der Waals surface area contributed by atoms with E-state index in [0.717, 1.165) is 22.2 Å². The summed E-state index contributed by atoms with van der Waals surface area (Å²) in [7, 11) is 1.88. The Kier molecular flexibility index (Phi) is 3.22. The van der Waals surface area contributed by atoms with Crippen LogP contribution in [0.3, 0.4) is 0 Å². The summed E-state index contributed by atoms with van der Waals surface area (Å²) in [4.78, 5) is 0. The first kappa shape index (κ1) is 12.8. The number of fused-ring (bicyclic) bond motifs is 1. The highest BCUT2D eigenvalue weighted by atomic mass is 19.1. The summed E-state index contributed by atoms with van der Waals surface area (Å²) in [5, 5.41) is 5.52. The molecule has 20 heavy (non-hydrogen) atoms. The van der Waals surface area contributed by atoms with Crippen molar-refractivity contribution in [3.8, 4) is 0 Å². The third-order valence-corrected chi connectivity index (χ3v) is 3.41. The second-order valence-electron chi connectivity index (χ2n) is 4.68. The lowest BCUT2D eigenvalue weighted by molar-refractivity contribution is 0.591. The van der Waals surface area contributed by atoms with Crippen LogP contribution < -0.4 is 11.3 Å². The summed E-state index contributed by atoms with van der Waals surface area (Å²) in [5.41, 5.74) is 5.27. The molecule has 0 radical (unpaired) electrons. The lowest BCUT2D eigenvalue weighted by atomic mass is 10.0. The van der Waals surface area contributed by atoms with E-state index < -0.39 is 0 Å². The predicted molar refractivity (Wildman–Crippen MR) is 76.3 cm³/mol. The Morgan fingerprint density at radius 3 is 2.75 bits per heavy atom. The van der Waals surface area contributed by atoms with Crippen LogP contribution in [0.25, 0.3) is 10.9 Å². The second-order valence-corrected chi connectivity index (χ2v) is 4.68. The number of aromatic nitrogens is 2. The standard InChI is InChI=1S/C15H15FN4/c1-20-13-8-3-2-7-12(13)15(19-20)14(18-17)10-5-4-6-11(16)9-10/h2-9,14,18H,17H2,1H3. The van der Waals surface area contributed by atoms with Gasteiger partial charge in [0.25, 0.3) is 0 Å². The zero-order valence-corrected chi connectivity index (χ0v) is 11.0. The molecule has 0 fully saturated rings. The fourth-order valence-electron chi connectivity index (χ4n) is 2.47. The van der Waals surface area contributed by atoms with Crippen LogP contribution in [-0.2, 0) is 7.05 Å². The van der Waals surface area contributed by atoms with Crippen molar-refractivity contribution < 1.29 is 4.39 Å². The van der Waals surface area contributed by atoms with Crippen molar-refractivity contribution in [2.75, 3.05) is 0 Å². The van der Waals surface area contributed by atoms with Crippen molar-refractivity contribution in [1.82, 2.24) is 15.2 Å². The summed E-state index contributed by atoms with van der Waals surface area (Å²) in [6.07, 6.45) is 0. The van der Waals surface area contributed by atoms with Gasteiger partial charge in [-0.25, -0.2) is 9.82 Å². The van der Waals surface area contributed by atoms with Crippen molar-refractivity contribution in [3.05, 3.63) is 65.6 Å². The van der Waals surface area contributed by atoms with Gasteiger partial charge in [0.05, 0.1) is 17.3 Å². The molecule has 102 valence electrons. The molecule has 2 aromatic carbocycles. The Bertz CT molecular complexity index is 750. The summed E-state index contributed by atoms with van der Waals surface area (Å²) in [6, 6.07) is 13.9. The van der Waals surface area contributed by atoms with Gasteiger partial charge in [0.1, 0.15) is 5.82 Å². The Morgan fingerprint density at radius 1 is 1.20 bits per heavy atom. The fourth-order valence-corrected chi connectivity index (χ4v) is 2.47. The van der Waals surface area contributed by atoms with Gasteiger partial charge in [-0.15, -0.1) is 0 Å². The molecule has 1 unspecified atom stereocenters. The van der Waals surface area contributed by atoms with Crippen LogP contribution in [0.4, 0.5) is 4.39 Å². The molecule has 3 N–H and O–H groups in total. The molecule has 0 amide bonds. The largest absolute Gasteiger partial charge is 0.271 e.